The fourth-order valence-corrected chi connectivity index (χ4v) is 4.93. The zero-order valence-corrected chi connectivity index (χ0v) is 21.9. The lowest BCUT2D eigenvalue weighted by atomic mass is 9.86. The molecule has 1 fully saturated rings. The number of pyridine rings is 1. The van der Waals surface area contributed by atoms with Crippen molar-refractivity contribution in [1.82, 2.24) is 20.1 Å². The molecule has 0 unspecified atom stereocenters. The number of aliphatic imine (C=N–C) groups is 1. The molecule has 8 heteroatoms. The number of carbonyl (C=O) groups excluding carboxylic acids is 1. The van der Waals surface area contributed by atoms with Gasteiger partial charge in [-0.15, -0.1) is 0 Å². The van der Waals surface area contributed by atoms with Crippen LogP contribution in [0, 0.1) is 17.2 Å². The van der Waals surface area contributed by atoms with Crippen LogP contribution in [-0.4, -0.2) is 33.1 Å². The minimum atomic E-state index is -0.0941. The zero-order valence-electron chi connectivity index (χ0n) is 21.9. The maximum absolute atomic E-state index is 13.6. The third-order valence-electron chi connectivity index (χ3n) is 7.06. The SMILES string of the molecule is Cn1ccc(-c2ccc(N(C(=O)NCc3ccccc3)C3CCC(/C=N\c4ccc(C#N)cn4)CC3)cc2)n1. The Kier molecular flexibility index (Phi) is 8.08. The predicted octanol–water partition coefficient (Wildman–Crippen LogP) is 6.03. The van der Waals surface area contributed by atoms with E-state index in [0.717, 1.165) is 48.2 Å². The van der Waals surface area contributed by atoms with Gasteiger partial charge in [-0.1, -0.05) is 42.5 Å². The van der Waals surface area contributed by atoms with Crippen LogP contribution < -0.4 is 10.2 Å². The number of hydrogen-bond acceptors (Lipinski definition) is 5. The van der Waals surface area contributed by atoms with Crippen LogP contribution in [0.5, 0.6) is 0 Å². The largest absolute Gasteiger partial charge is 0.334 e. The second-order valence-corrected chi connectivity index (χ2v) is 9.80. The quantitative estimate of drug-likeness (QED) is 0.303. The highest BCUT2D eigenvalue weighted by Gasteiger charge is 2.29. The van der Waals surface area contributed by atoms with Crippen molar-refractivity contribution in [1.29, 1.82) is 5.26 Å². The molecule has 0 spiro atoms. The molecule has 0 radical (unpaired) electrons. The molecule has 0 atom stereocenters. The standard InChI is InChI=1S/C31H31N7O/c1-37-18-17-29(36-37)26-10-14-28(15-11-26)38(31(39)35-21-23-5-3-2-4-6-23)27-12-7-24(8-13-27)20-33-30-16-9-25(19-32)22-34-30/h2-6,9-11,14-18,20,22,24,27H,7-8,12-13,21H2,1H3,(H,35,39)/b33-20-. The summed E-state index contributed by atoms with van der Waals surface area (Å²) < 4.78 is 1.78. The van der Waals surface area contributed by atoms with Crippen LogP contribution in [-0.2, 0) is 13.6 Å². The highest BCUT2D eigenvalue weighted by atomic mass is 16.2. The number of carbonyl (C=O) groups is 1. The number of aromatic nitrogens is 3. The van der Waals surface area contributed by atoms with E-state index in [9.17, 15) is 4.79 Å². The summed E-state index contributed by atoms with van der Waals surface area (Å²) in [4.78, 5) is 24.2. The topological polar surface area (TPSA) is 99.2 Å². The van der Waals surface area contributed by atoms with Crippen LogP contribution in [0.3, 0.4) is 0 Å². The number of rotatable bonds is 7. The molecule has 2 amide bonds. The van der Waals surface area contributed by atoms with Gasteiger partial charge in [0.1, 0.15) is 6.07 Å². The van der Waals surface area contributed by atoms with Crippen molar-refractivity contribution < 1.29 is 4.79 Å². The second kappa shape index (κ2) is 12.2. The Hall–Kier alpha value is -4.77. The van der Waals surface area contributed by atoms with Crippen molar-refractivity contribution in [2.45, 2.75) is 38.3 Å². The van der Waals surface area contributed by atoms with E-state index in [4.69, 9.17) is 5.26 Å². The van der Waals surface area contributed by atoms with Crippen LogP contribution >= 0.6 is 0 Å². The number of amides is 2. The summed E-state index contributed by atoms with van der Waals surface area (Å²) in [6.07, 6.45) is 9.03. The highest BCUT2D eigenvalue weighted by Crippen LogP contribution is 2.31. The van der Waals surface area contributed by atoms with Crippen molar-refractivity contribution in [3.05, 3.63) is 96.3 Å². The minimum Gasteiger partial charge on any atom is -0.334 e. The van der Waals surface area contributed by atoms with Crippen molar-refractivity contribution in [3.63, 3.8) is 0 Å². The molecule has 8 nitrogen and oxygen atoms in total. The molecule has 39 heavy (non-hydrogen) atoms. The van der Waals surface area contributed by atoms with Crippen LogP contribution in [0.2, 0.25) is 0 Å². The van der Waals surface area contributed by atoms with E-state index >= 15 is 0 Å². The lowest BCUT2D eigenvalue weighted by molar-refractivity contribution is 0.240. The molecule has 0 aliphatic heterocycles. The van der Waals surface area contributed by atoms with E-state index in [1.807, 2.05) is 85.0 Å². The molecule has 1 aliphatic carbocycles. The number of anilines is 1. The van der Waals surface area contributed by atoms with Gasteiger partial charge >= 0.3 is 6.03 Å². The summed E-state index contributed by atoms with van der Waals surface area (Å²) in [6.45, 7) is 0.474. The van der Waals surface area contributed by atoms with Crippen LogP contribution in [0.15, 0.2) is 90.2 Å². The molecule has 2 heterocycles. The Bertz CT molecular complexity index is 1450. The van der Waals surface area contributed by atoms with Crippen molar-refractivity contribution >= 4 is 23.8 Å². The fourth-order valence-electron chi connectivity index (χ4n) is 4.93. The smallest absolute Gasteiger partial charge is 0.322 e. The first kappa shape index (κ1) is 25.9. The van der Waals surface area contributed by atoms with Crippen LogP contribution in [0.25, 0.3) is 11.3 Å². The van der Waals surface area contributed by atoms with Gasteiger partial charge in [-0.2, -0.15) is 10.4 Å². The van der Waals surface area contributed by atoms with Crippen molar-refractivity contribution in [2.24, 2.45) is 18.0 Å². The van der Waals surface area contributed by atoms with Crippen LogP contribution in [0.1, 0.15) is 36.8 Å². The first-order valence-corrected chi connectivity index (χ1v) is 13.2. The Morgan fingerprint density at radius 3 is 2.49 bits per heavy atom. The molecular formula is C31H31N7O. The number of nitriles is 1. The summed E-state index contributed by atoms with van der Waals surface area (Å²) >= 11 is 0. The predicted molar refractivity (Wildman–Crippen MR) is 153 cm³/mol. The summed E-state index contributed by atoms with van der Waals surface area (Å²) in [7, 11) is 1.90. The molecule has 5 rings (SSSR count). The Morgan fingerprint density at radius 1 is 1.08 bits per heavy atom. The van der Waals surface area contributed by atoms with Gasteiger partial charge in [-0.05, 0) is 67.5 Å². The van der Waals surface area contributed by atoms with Gasteiger partial charge in [0.25, 0.3) is 0 Å². The maximum Gasteiger partial charge on any atom is 0.322 e. The van der Waals surface area contributed by atoms with E-state index in [2.05, 4.69) is 26.5 Å². The maximum atomic E-state index is 13.6. The summed E-state index contributed by atoms with van der Waals surface area (Å²) in [5, 5.41) is 16.6. The van der Waals surface area contributed by atoms with E-state index in [0.29, 0.717) is 23.8 Å². The lowest BCUT2D eigenvalue weighted by Gasteiger charge is -2.36. The van der Waals surface area contributed by atoms with E-state index in [1.165, 1.54) is 6.20 Å². The number of nitrogens with zero attached hydrogens (tertiary/aromatic N) is 6. The van der Waals surface area contributed by atoms with Crippen molar-refractivity contribution in [3.8, 4) is 17.3 Å². The molecule has 4 aromatic rings. The summed E-state index contributed by atoms with van der Waals surface area (Å²) in [5.41, 5.74) is 4.38. The summed E-state index contributed by atoms with van der Waals surface area (Å²) in [5.74, 6) is 0.922. The lowest BCUT2D eigenvalue weighted by Crippen LogP contribution is -2.47. The third kappa shape index (κ3) is 6.57. The van der Waals surface area contributed by atoms with Gasteiger partial charge in [-0.3, -0.25) is 9.58 Å². The van der Waals surface area contributed by atoms with E-state index in [-0.39, 0.29) is 12.1 Å². The van der Waals surface area contributed by atoms with Gasteiger partial charge in [0, 0.05) is 49.5 Å². The molecule has 0 saturated heterocycles. The Labute approximate surface area is 228 Å². The van der Waals surface area contributed by atoms with Gasteiger partial charge in [0.05, 0.1) is 11.3 Å². The van der Waals surface area contributed by atoms with Gasteiger partial charge in [0.15, 0.2) is 5.82 Å². The van der Waals surface area contributed by atoms with Crippen LogP contribution in [0.4, 0.5) is 16.3 Å². The highest BCUT2D eigenvalue weighted by molar-refractivity contribution is 5.93. The van der Waals surface area contributed by atoms with E-state index < -0.39 is 0 Å². The molecule has 196 valence electrons. The monoisotopic (exact) mass is 517 g/mol. The average molecular weight is 518 g/mol. The molecule has 0 bridgehead atoms. The zero-order chi connectivity index (χ0) is 27.0. The molecule has 1 saturated carbocycles. The van der Waals surface area contributed by atoms with Gasteiger partial charge in [0.2, 0.25) is 0 Å². The first-order valence-electron chi connectivity index (χ1n) is 13.2. The Balaban J connectivity index is 1.29. The normalized spacial score (nSPS) is 17.0. The van der Waals surface area contributed by atoms with Gasteiger partial charge < -0.3 is 5.32 Å². The number of nitrogens with one attached hydrogen (secondary N) is 1. The molecule has 2 aromatic carbocycles. The number of benzene rings is 2. The average Bonchev–Trinajstić information content (AvgIpc) is 3.43. The van der Waals surface area contributed by atoms with E-state index in [1.54, 1.807) is 16.8 Å². The van der Waals surface area contributed by atoms with Gasteiger partial charge in [-0.25, -0.2) is 14.8 Å². The number of hydrogen-bond donors (Lipinski definition) is 1. The fraction of sp³-hybridized carbons (Fsp3) is 0.258. The van der Waals surface area contributed by atoms with Crippen molar-refractivity contribution in [2.75, 3.05) is 4.90 Å². The number of aryl methyl sites for hydroxylation is 1. The number of urea groups is 1. The molecular weight excluding hydrogens is 486 g/mol. The first-order chi connectivity index (χ1) is 19.1. The molecule has 2 aromatic heterocycles. The summed E-state index contributed by atoms with van der Waals surface area (Å²) in [6, 6.07) is 25.6. The second-order valence-electron chi connectivity index (χ2n) is 9.80. The molecule has 1 N–H and O–H groups in total. The Morgan fingerprint density at radius 2 is 1.85 bits per heavy atom. The molecule has 1 aliphatic rings. The minimum absolute atomic E-state index is 0.0826. The third-order valence-corrected chi connectivity index (χ3v) is 7.06.